The van der Waals surface area contributed by atoms with E-state index >= 15 is 0 Å². The highest BCUT2D eigenvalue weighted by Gasteiger charge is 2.21. The van der Waals surface area contributed by atoms with Gasteiger partial charge in [-0.25, -0.2) is 4.98 Å². The van der Waals surface area contributed by atoms with Crippen molar-refractivity contribution in [1.29, 1.82) is 0 Å². The zero-order valence-corrected chi connectivity index (χ0v) is 16.8. The number of carbonyl (C=O) groups is 1. The van der Waals surface area contributed by atoms with Gasteiger partial charge in [0, 0.05) is 18.2 Å². The Morgan fingerprint density at radius 2 is 1.80 bits per heavy atom. The summed E-state index contributed by atoms with van der Waals surface area (Å²) in [6, 6.07) is 14.5. The van der Waals surface area contributed by atoms with Gasteiger partial charge in [-0.15, -0.1) is 0 Å². The van der Waals surface area contributed by atoms with Crippen LogP contribution >= 0.6 is 0 Å². The van der Waals surface area contributed by atoms with Crippen LogP contribution in [0.15, 0.2) is 59.1 Å². The summed E-state index contributed by atoms with van der Waals surface area (Å²) in [5.74, 6) is 1.59. The summed E-state index contributed by atoms with van der Waals surface area (Å²) in [6.07, 6.45) is 1.85. The van der Waals surface area contributed by atoms with Crippen molar-refractivity contribution in [2.45, 2.75) is 6.42 Å². The second kappa shape index (κ2) is 8.24. The van der Waals surface area contributed by atoms with Gasteiger partial charge in [0.25, 0.3) is 0 Å². The lowest BCUT2D eigenvalue weighted by Crippen LogP contribution is -2.07. The standard InChI is InChI=1S/C23H20N2O5/c1-27-18-10-9-16(20(28-2)21(18)29-3)17(26)13-14-6-4-7-15(12-14)23-25-22-19(30-23)8-5-11-24-22/h4-12H,13H2,1-3H3. The monoisotopic (exact) mass is 404 g/mol. The minimum Gasteiger partial charge on any atom is -0.493 e. The normalized spacial score (nSPS) is 10.8. The van der Waals surface area contributed by atoms with Crippen molar-refractivity contribution in [1.82, 2.24) is 9.97 Å². The first-order valence-corrected chi connectivity index (χ1v) is 9.27. The molecule has 0 unspecified atom stereocenters. The predicted molar refractivity (Wildman–Crippen MR) is 111 cm³/mol. The summed E-state index contributed by atoms with van der Waals surface area (Å²) in [5, 5.41) is 0. The van der Waals surface area contributed by atoms with Crippen LogP contribution in [0.1, 0.15) is 15.9 Å². The molecule has 4 rings (SSSR count). The number of hydrogen-bond donors (Lipinski definition) is 0. The summed E-state index contributed by atoms with van der Waals surface area (Å²) in [7, 11) is 4.54. The van der Waals surface area contributed by atoms with Gasteiger partial charge < -0.3 is 18.6 Å². The van der Waals surface area contributed by atoms with E-state index in [2.05, 4.69) is 9.97 Å². The minimum atomic E-state index is -0.107. The Morgan fingerprint density at radius 3 is 2.53 bits per heavy atom. The number of pyridine rings is 1. The number of benzene rings is 2. The molecule has 4 aromatic rings. The zero-order valence-electron chi connectivity index (χ0n) is 16.8. The molecule has 0 fully saturated rings. The van der Waals surface area contributed by atoms with Crippen molar-refractivity contribution < 1.29 is 23.4 Å². The van der Waals surface area contributed by atoms with Crippen molar-refractivity contribution >= 4 is 17.0 Å². The number of oxazole rings is 1. The first-order chi connectivity index (χ1) is 14.6. The van der Waals surface area contributed by atoms with E-state index in [-0.39, 0.29) is 12.2 Å². The summed E-state index contributed by atoms with van der Waals surface area (Å²) in [6.45, 7) is 0. The molecule has 0 aliphatic rings. The van der Waals surface area contributed by atoms with Gasteiger partial charge in [0.1, 0.15) is 0 Å². The second-order valence-electron chi connectivity index (χ2n) is 6.53. The minimum absolute atomic E-state index is 0.107. The van der Waals surface area contributed by atoms with E-state index in [0.717, 1.165) is 11.1 Å². The summed E-state index contributed by atoms with van der Waals surface area (Å²) >= 11 is 0. The number of fused-ring (bicyclic) bond motifs is 1. The number of ketones is 1. The van der Waals surface area contributed by atoms with Gasteiger partial charge in [-0.05, 0) is 42.0 Å². The highest BCUT2D eigenvalue weighted by atomic mass is 16.5. The molecule has 152 valence electrons. The van der Waals surface area contributed by atoms with Gasteiger partial charge in [-0.3, -0.25) is 4.79 Å². The molecule has 0 atom stereocenters. The Kier molecular flexibility index (Phi) is 5.34. The number of carbonyl (C=O) groups excluding carboxylic acids is 1. The smallest absolute Gasteiger partial charge is 0.228 e. The Bertz CT molecular complexity index is 1180. The molecule has 30 heavy (non-hydrogen) atoms. The van der Waals surface area contributed by atoms with Crippen LogP contribution in [0, 0.1) is 0 Å². The molecule has 0 spiro atoms. The molecule has 0 amide bonds. The second-order valence-corrected chi connectivity index (χ2v) is 6.53. The average Bonchev–Trinajstić information content (AvgIpc) is 3.22. The first-order valence-electron chi connectivity index (χ1n) is 9.27. The lowest BCUT2D eigenvalue weighted by atomic mass is 10.00. The maximum Gasteiger partial charge on any atom is 0.228 e. The molecular weight excluding hydrogens is 384 g/mol. The number of hydrogen-bond acceptors (Lipinski definition) is 7. The van der Waals surface area contributed by atoms with Crippen molar-refractivity contribution in [3.8, 4) is 28.7 Å². The van der Waals surface area contributed by atoms with Gasteiger partial charge in [0.05, 0.1) is 26.9 Å². The van der Waals surface area contributed by atoms with E-state index in [1.54, 1.807) is 24.4 Å². The third-order valence-electron chi connectivity index (χ3n) is 4.71. The quantitative estimate of drug-likeness (QED) is 0.424. The molecule has 0 saturated heterocycles. The van der Waals surface area contributed by atoms with Crippen molar-refractivity contribution in [3.63, 3.8) is 0 Å². The van der Waals surface area contributed by atoms with Gasteiger partial charge >= 0.3 is 0 Å². The molecule has 2 heterocycles. The van der Waals surface area contributed by atoms with E-state index in [0.29, 0.717) is 39.9 Å². The largest absolute Gasteiger partial charge is 0.493 e. The Labute approximate surface area is 173 Å². The zero-order chi connectivity index (χ0) is 21.1. The van der Waals surface area contributed by atoms with Gasteiger partial charge in [-0.1, -0.05) is 12.1 Å². The van der Waals surface area contributed by atoms with Crippen LogP contribution in [0.2, 0.25) is 0 Å². The number of nitrogens with zero attached hydrogens (tertiary/aromatic N) is 2. The highest BCUT2D eigenvalue weighted by Crippen LogP contribution is 2.40. The third-order valence-corrected chi connectivity index (χ3v) is 4.71. The Hall–Kier alpha value is -3.87. The molecule has 7 heteroatoms. The Balaban J connectivity index is 1.64. The van der Waals surface area contributed by atoms with Crippen molar-refractivity contribution in [2.75, 3.05) is 21.3 Å². The third kappa shape index (κ3) is 3.57. The van der Waals surface area contributed by atoms with Crippen molar-refractivity contribution in [3.05, 3.63) is 65.9 Å². The van der Waals surface area contributed by atoms with Crippen LogP contribution in [0.3, 0.4) is 0 Å². The highest BCUT2D eigenvalue weighted by molar-refractivity contribution is 6.01. The molecule has 0 saturated carbocycles. The Morgan fingerprint density at radius 1 is 0.967 bits per heavy atom. The van der Waals surface area contributed by atoms with Crippen LogP contribution < -0.4 is 14.2 Å². The number of rotatable bonds is 7. The molecule has 0 radical (unpaired) electrons. The fourth-order valence-corrected chi connectivity index (χ4v) is 3.31. The van der Waals surface area contributed by atoms with Crippen LogP contribution in [-0.2, 0) is 6.42 Å². The van der Waals surface area contributed by atoms with Crippen LogP contribution in [0.25, 0.3) is 22.7 Å². The van der Waals surface area contributed by atoms with Crippen LogP contribution in [0.5, 0.6) is 17.2 Å². The maximum atomic E-state index is 13.0. The molecule has 2 aromatic heterocycles. The molecule has 0 aliphatic carbocycles. The number of ether oxygens (including phenoxy) is 3. The topological polar surface area (TPSA) is 83.7 Å². The fourth-order valence-electron chi connectivity index (χ4n) is 3.31. The number of methoxy groups -OCH3 is 3. The van der Waals surface area contributed by atoms with Gasteiger partial charge in [-0.2, -0.15) is 4.98 Å². The lowest BCUT2D eigenvalue weighted by Gasteiger charge is -2.15. The first kappa shape index (κ1) is 19.4. The lowest BCUT2D eigenvalue weighted by molar-refractivity contribution is 0.0989. The summed E-state index contributed by atoms with van der Waals surface area (Å²) < 4.78 is 21.9. The molecular formula is C23H20N2O5. The molecule has 0 bridgehead atoms. The van der Waals surface area contributed by atoms with Gasteiger partial charge in [0.2, 0.25) is 11.6 Å². The fraction of sp³-hybridized carbons (Fsp3) is 0.174. The van der Waals surface area contributed by atoms with E-state index < -0.39 is 0 Å². The maximum absolute atomic E-state index is 13.0. The number of Topliss-reactive ketones (excluding diaryl/α,β-unsaturated/α-hetero) is 1. The van der Waals surface area contributed by atoms with Crippen LogP contribution in [-0.4, -0.2) is 37.1 Å². The van der Waals surface area contributed by atoms with Gasteiger partial charge in [0.15, 0.2) is 28.5 Å². The predicted octanol–water partition coefficient (Wildman–Crippen LogP) is 4.34. The van der Waals surface area contributed by atoms with Crippen LogP contribution in [0.4, 0.5) is 0 Å². The molecule has 0 aliphatic heterocycles. The molecule has 2 aromatic carbocycles. The number of aromatic nitrogens is 2. The average molecular weight is 404 g/mol. The molecule has 7 nitrogen and oxygen atoms in total. The van der Waals surface area contributed by atoms with E-state index in [1.807, 2.05) is 30.3 Å². The SMILES string of the molecule is COc1ccc(C(=O)Cc2cccc(-c3nc4ncccc4o3)c2)c(OC)c1OC. The summed E-state index contributed by atoms with van der Waals surface area (Å²) in [4.78, 5) is 21.6. The van der Waals surface area contributed by atoms with E-state index in [9.17, 15) is 4.79 Å². The van der Waals surface area contributed by atoms with Crippen molar-refractivity contribution in [2.24, 2.45) is 0 Å². The molecule has 0 N–H and O–H groups in total. The van der Waals surface area contributed by atoms with E-state index in [1.165, 1.54) is 21.3 Å². The summed E-state index contributed by atoms with van der Waals surface area (Å²) in [5.41, 5.74) is 3.18. The van der Waals surface area contributed by atoms with E-state index in [4.69, 9.17) is 18.6 Å².